The number of ether oxygens (including phenoxy) is 2. The molecule has 140 valence electrons. The fraction of sp³-hybridized carbons (Fsp3) is 0.421. The van der Waals surface area contributed by atoms with Gasteiger partial charge in [0.05, 0.1) is 14.2 Å². The summed E-state index contributed by atoms with van der Waals surface area (Å²) in [6.07, 6.45) is 2.26. The summed E-state index contributed by atoms with van der Waals surface area (Å²) in [5.74, 6) is 2.07. The number of aromatic nitrogens is 2. The minimum atomic E-state index is -0.222. The monoisotopic (exact) mass is 358 g/mol. The molecule has 2 N–H and O–H groups in total. The van der Waals surface area contributed by atoms with Crippen molar-refractivity contribution < 1.29 is 14.3 Å². The van der Waals surface area contributed by atoms with Crippen molar-refractivity contribution in [1.29, 1.82) is 0 Å². The Bertz CT molecular complexity index is 734. The first kappa shape index (κ1) is 19.5. The fourth-order valence-corrected chi connectivity index (χ4v) is 2.31. The Kier molecular flexibility index (Phi) is 7.20. The van der Waals surface area contributed by atoms with E-state index in [1.165, 1.54) is 0 Å². The van der Waals surface area contributed by atoms with Gasteiger partial charge < -0.3 is 20.1 Å². The van der Waals surface area contributed by atoms with Gasteiger partial charge in [0.2, 0.25) is 5.95 Å². The van der Waals surface area contributed by atoms with E-state index in [1.807, 2.05) is 18.2 Å². The number of amides is 1. The fourth-order valence-electron chi connectivity index (χ4n) is 2.31. The Labute approximate surface area is 154 Å². The third-order valence-corrected chi connectivity index (χ3v) is 3.70. The molecule has 0 aliphatic heterocycles. The van der Waals surface area contributed by atoms with Crippen molar-refractivity contribution in [1.82, 2.24) is 15.3 Å². The number of anilines is 1. The molecule has 0 atom stereocenters. The Morgan fingerprint density at radius 1 is 1.15 bits per heavy atom. The molecular weight excluding hydrogens is 332 g/mol. The lowest BCUT2D eigenvalue weighted by molar-refractivity contribution is 0.0949. The van der Waals surface area contributed by atoms with Crippen LogP contribution in [0.1, 0.15) is 29.9 Å². The van der Waals surface area contributed by atoms with Gasteiger partial charge in [-0.2, -0.15) is 0 Å². The lowest BCUT2D eigenvalue weighted by atomic mass is 10.1. The number of benzene rings is 1. The highest BCUT2D eigenvalue weighted by Gasteiger charge is 2.09. The third kappa shape index (κ3) is 5.61. The van der Waals surface area contributed by atoms with Crippen molar-refractivity contribution in [3.05, 3.63) is 41.7 Å². The van der Waals surface area contributed by atoms with E-state index in [9.17, 15) is 4.79 Å². The number of hydrogen-bond acceptors (Lipinski definition) is 6. The minimum absolute atomic E-state index is 0.222. The van der Waals surface area contributed by atoms with Gasteiger partial charge in [0, 0.05) is 19.3 Å². The molecule has 0 radical (unpaired) electrons. The average molecular weight is 358 g/mol. The Morgan fingerprint density at radius 3 is 2.62 bits per heavy atom. The highest BCUT2D eigenvalue weighted by Crippen LogP contribution is 2.27. The second kappa shape index (κ2) is 9.60. The molecule has 7 nitrogen and oxygen atoms in total. The number of nitrogens with one attached hydrogen (secondary N) is 2. The van der Waals surface area contributed by atoms with Gasteiger partial charge in [-0.3, -0.25) is 4.79 Å². The van der Waals surface area contributed by atoms with Crippen LogP contribution in [-0.2, 0) is 6.42 Å². The lowest BCUT2D eigenvalue weighted by Gasteiger charge is -2.10. The summed E-state index contributed by atoms with van der Waals surface area (Å²) in [6, 6.07) is 7.31. The molecule has 1 amide bonds. The summed E-state index contributed by atoms with van der Waals surface area (Å²) >= 11 is 0. The minimum Gasteiger partial charge on any atom is -0.493 e. The maximum atomic E-state index is 12.3. The number of nitrogens with zero attached hydrogens (tertiary/aromatic N) is 2. The van der Waals surface area contributed by atoms with Crippen LogP contribution in [0.5, 0.6) is 11.5 Å². The zero-order chi connectivity index (χ0) is 18.9. The van der Waals surface area contributed by atoms with Crippen LogP contribution >= 0.6 is 0 Å². The van der Waals surface area contributed by atoms with Gasteiger partial charge >= 0.3 is 0 Å². The summed E-state index contributed by atoms with van der Waals surface area (Å²) in [7, 11) is 3.20. The van der Waals surface area contributed by atoms with E-state index in [2.05, 4.69) is 34.4 Å². The van der Waals surface area contributed by atoms with E-state index in [4.69, 9.17) is 9.47 Å². The van der Waals surface area contributed by atoms with E-state index in [0.29, 0.717) is 42.0 Å². The van der Waals surface area contributed by atoms with E-state index >= 15 is 0 Å². The zero-order valence-electron chi connectivity index (χ0n) is 15.7. The molecule has 1 aromatic heterocycles. The molecule has 0 fully saturated rings. The summed E-state index contributed by atoms with van der Waals surface area (Å²) in [4.78, 5) is 20.7. The highest BCUT2D eigenvalue weighted by atomic mass is 16.5. The summed E-state index contributed by atoms with van der Waals surface area (Å²) in [5.41, 5.74) is 1.39. The quantitative estimate of drug-likeness (QED) is 0.716. The number of rotatable bonds is 9. The molecule has 2 aromatic rings. The SMILES string of the molecule is COc1ccc(CCNC(=O)c2ccnc(NCC(C)C)n2)cc1OC. The maximum absolute atomic E-state index is 12.3. The molecule has 2 rings (SSSR count). The number of carbonyl (C=O) groups excluding carboxylic acids is 1. The number of methoxy groups -OCH3 is 2. The van der Waals surface area contributed by atoms with E-state index < -0.39 is 0 Å². The molecule has 1 aromatic carbocycles. The van der Waals surface area contributed by atoms with Crippen molar-refractivity contribution >= 4 is 11.9 Å². The molecule has 7 heteroatoms. The summed E-state index contributed by atoms with van der Waals surface area (Å²) in [5, 5.41) is 5.99. The first-order valence-corrected chi connectivity index (χ1v) is 8.59. The van der Waals surface area contributed by atoms with Crippen molar-refractivity contribution in [3.63, 3.8) is 0 Å². The van der Waals surface area contributed by atoms with Crippen molar-refractivity contribution in [2.45, 2.75) is 20.3 Å². The lowest BCUT2D eigenvalue weighted by Crippen LogP contribution is -2.27. The standard InChI is InChI=1S/C19H26N4O3/c1-13(2)12-22-19-21-10-8-15(23-19)18(24)20-9-7-14-5-6-16(25-3)17(11-14)26-4/h5-6,8,10-11,13H,7,9,12H2,1-4H3,(H,20,24)(H,21,22,23). The van der Waals surface area contributed by atoms with Gasteiger partial charge in [-0.25, -0.2) is 9.97 Å². The normalized spacial score (nSPS) is 10.5. The molecule has 0 aliphatic rings. The Morgan fingerprint density at radius 2 is 1.92 bits per heavy atom. The third-order valence-electron chi connectivity index (χ3n) is 3.70. The molecule has 0 aliphatic carbocycles. The van der Waals surface area contributed by atoms with Crippen LogP contribution in [0.15, 0.2) is 30.5 Å². The van der Waals surface area contributed by atoms with E-state index in [1.54, 1.807) is 26.5 Å². The smallest absolute Gasteiger partial charge is 0.270 e. The molecule has 0 unspecified atom stereocenters. The molecule has 26 heavy (non-hydrogen) atoms. The number of hydrogen-bond donors (Lipinski definition) is 2. The Hall–Kier alpha value is -2.83. The Balaban J connectivity index is 1.90. The number of carbonyl (C=O) groups is 1. The van der Waals surface area contributed by atoms with Crippen molar-refractivity contribution in [3.8, 4) is 11.5 Å². The van der Waals surface area contributed by atoms with Crippen LogP contribution in [0.3, 0.4) is 0 Å². The molecular formula is C19H26N4O3. The second-order valence-electron chi connectivity index (χ2n) is 6.24. The molecule has 1 heterocycles. The summed E-state index contributed by atoms with van der Waals surface area (Å²) < 4.78 is 10.5. The van der Waals surface area contributed by atoms with Crippen LogP contribution in [0.4, 0.5) is 5.95 Å². The van der Waals surface area contributed by atoms with Crippen LogP contribution in [-0.4, -0.2) is 43.2 Å². The second-order valence-corrected chi connectivity index (χ2v) is 6.24. The largest absolute Gasteiger partial charge is 0.493 e. The maximum Gasteiger partial charge on any atom is 0.270 e. The van der Waals surface area contributed by atoms with Gasteiger partial charge in [0.15, 0.2) is 11.5 Å². The van der Waals surface area contributed by atoms with Gasteiger partial charge in [-0.1, -0.05) is 19.9 Å². The van der Waals surface area contributed by atoms with E-state index in [0.717, 1.165) is 12.1 Å². The molecule has 0 saturated carbocycles. The molecule has 0 spiro atoms. The average Bonchev–Trinajstić information content (AvgIpc) is 2.66. The molecule has 0 bridgehead atoms. The topological polar surface area (TPSA) is 85.4 Å². The van der Waals surface area contributed by atoms with Crippen molar-refractivity contribution in [2.24, 2.45) is 5.92 Å². The predicted molar refractivity (Wildman–Crippen MR) is 101 cm³/mol. The predicted octanol–water partition coefficient (Wildman–Crippen LogP) is 2.53. The molecule has 0 saturated heterocycles. The van der Waals surface area contributed by atoms with Crippen molar-refractivity contribution in [2.75, 3.05) is 32.6 Å². The first-order chi connectivity index (χ1) is 12.5. The first-order valence-electron chi connectivity index (χ1n) is 8.59. The van der Waals surface area contributed by atoms with E-state index in [-0.39, 0.29) is 5.91 Å². The zero-order valence-corrected chi connectivity index (χ0v) is 15.7. The van der Waals surface area contributed by atoms with Gasteiger partial charge in [0.1, 0.15) is 5.69 Å². The van der Waals surface area contributed by atoms with Gasteiger partial charge in [0.25, 0.3) is 5.91 Å². The highest BCUT2D eigenvalue weighted by molar-refractivity contribution is 5.92. The van der Waals surface area contributed by atoms with Crippen LogP contribution in [0.25, 0.3) is 0 Å². The van der Waals surface area contributed by atoms with Crippen LogP contribution in [0.2, 0.25) is 0 Å². The van der Waals surface area contributed by atoms with Crippen LogP contribution in [0, 0.1) is 5.92 Å². The van der Waals surface area contributed by atoms with Gasteiger partial charge in [-0.05, 0) is 36.1 Å². The summed E-state index contributed by atoms with van der Waals surface area (Å²) in [6.45, 7) is 5.44. The van der Waals surface area contributed by atoms with Crippen LogP contribution < -0.4 is 20.1 Å². The van der Waals surface area contributed by atoms with Gasteiger partial charge in [-0.15, -0.1) is 0 Å².